The number of nitrogens with zero attached hydrogens (tertiary/aromatic N) is 2. The van der Waals surface area contributed by atoms with Gasteiger partial charge in [-0.15, -0.1) is 0 Å². The fourth-order valence-electron chi connectivity index (χ4n) is 1.30. The number of benzene rings is 1. The van der Waals surface area contributed by atoms with Crippen molar-refractivity contribution in [1.29, 1.82) is 0 Å². The first-order valence-corrected chi connectivity index (χ1v) is 6.04. The fraction of sp³-hybridized carbons (Fsp3) is 0. The molecule has 0 amide bonds. The van der Waals surface area contributed by atoms with Crippen molar-refractivity contribution < 1.29 is 19.6 Å². The number of nitro benzene ring substituents is 1. The summed E-state index contributed by atoms with van der Waals surface area (Å²) in [6, 6.07) is 3.42. The van der Waals surface area contributed by atoms with Crippen molar-refractivity contribution in [2.75, 3.05) is 0 Å². The number of aromatic carboxylic acids is 1. The number of aromatic nitrogens is 1. The number of ether oxygens (including phenoxy) is 1. The van der Waals surface area contributed by atoms with E-state index >= 15 is 0 Å². The van der Waals surface area contributed by atoms with Crippen LogP contribution in [0.15, 0.2) is 23.6 Å². The Morgan fingerprint density at radius 2 is 2.26 bits per heavy atom. The molecule has 98 valence electrons. The summed E-state index contributed by atoms with van der Waals surface area (Å²) in [5, 5.41) is 21.6. The van der Waals surface area contributed by atoms with E-state index in [1.807, 2.05) is 0 Å². The Morgan fingerprint density at radius 3 is 2.79 bits per heavy atom. The van der Waals surface area contributed by atoms with Gasteiger partial charge in [0.15, 0.2) is 0 Å². The number of halogens is 1. The summed E-state index contributed by atoms with van der Waals surface area (Å²) in [6.07, 6.45) is 0. The minimum absolute atomic E-state index is 0.133. The quantitative estimate of drug-likeness (QED) is 0.687. The van der Waals surface area contributed by atoms with Gasteiger partial charge in [-0.3, -0.25) is 10.1 Å². The normalized spacial score (nSPS) is 10.2. The van der Waals surface area contributed by atoms with Crippen LogP contribution in [0.5, 0.6) is 10.9 Å². The van der Waals surface area contributed by atoms with Crippen molar-refractivity contribution in [3.63, 3.8) is 0 Å². The summed E-state index contributed by atoms with van der Waals surface area (Å²) >= 11 is 6.73. The van der Waals surface area contributed by atoms with Gasteiger partial charge in [-0.25, -0.2) is 4.79 Å². The predicted molar refractivity (Wildman–Crippen MR) is 67.3 cm³/mol. The maximum Gasteiger partial charge on any atom is 0.342 e. The predicted octanol–water partition coefficient (Wildman–Crippen LogP) is 3.20. The van der Waals surface area contributed by atoms with E-state index in [-0.39, 0.29) is 16.1 Å². The molecule has 2 rings (SSSR count). The Labute approximate surface area is 115 Å². The number of carboxylic acid groups (broad SMARTS) is 1. The minimum atomic E-state index is -1.41. The van der Waals surface area contributed by atoms with Gasteiger partial charge in [0.2, 0.25) is 0 Å². The van der Waals surface area contributed by atoms with Gasteiger partial charge in [0.25, 0.3) is 10.9 Å². The van der Waals surface area contributed by atoms with Crippen LogP contribution in [0.3, 0.4) is 0 Å². The molecule has 0 saturated carbocycles. The van der Waals surface area contributed by atoms with Gasteiger partial charge in [0.1, 0.15) is 16.5 Å². The lowest BCUT2D eigenvalue weighted by Crippen LogP contribution is -2.02. The number of carboxylic acids is 1. The zero-order valence-electron chi connectivity index (χ0n) is 9.07. The van der Waals surface area contributed by atoms with E-state index < -0.39 is 22.1 Å². The van der Waals surface area contributed by atoms with E-state index in [1.165, 1.54) is 6.07 Å². The Bertz CT molecular complexity index is 657. The third kappa shape index (κ3) is 2.98. The molecule has 1 heterocycles. The van der Waals surface area contributed by atoms with Crippen LogP contribution in [0, 0.1) is 10.1 Å². The van der Waals surface area contributed by atoms with Crippen LogP contribution in [-0.4, -0.2) is 21.0 Å². The molecule has 1 aromatic carbocycles. The molecular weight excluding hydrogens is 296 g/mol. The zero-order chi connectivity index (χ0) is 14.0. The molecule has 0 aliphatic heterocycles. The standard InChI is InChI=1S/C10H5ClN2O5S/c11-8-4-19-10(12-8)18-5-1-2-7(13(16)17)6(3-5)9(14)15/h1-4H,(H,14,15). The van der Waals surface area contributed by atoms with Gasteiger partial charge in [-0.05, 0) is 6.07 Å². The molecule has 9 heteroatoms. The van der Waals surface area contributed by atoms with Crippen molar-refractivity contribution in [1.82, 2.24) is 4.98 Å². The second-order valence-corrected chi connectivity index (χ2v) is 4.49. The lowest BCUT2D eigenvalue weighted by atomic mass is 10.2. The highest BCUT2D eigenvalue weighted by Gasteiger charge is 2.20. The highest BCUT2D eigenvalue weighted by Crippen LogP contribution is 2.30. The molecule has 0 saturated heterocycles. The highest BCUT2D eigenvalue weighted by atomic mass is 35.5. The first kappa shape index (κ1) is 13.2. The summed E-state index contributed by atoms with van der Waals surface area (Å²) in [4.78, 5) is 24.7. The van der Waals surface area contributed by atoms with Crippen LogP contribution in [0.4, 0.5) is 5.69 Å². The molecule has 7 nitrogen and oxygen atoms in total. The number of hydrogen-bond acceptors (Lipinski definition) is 6. The molecule has 1 aromatic heterocycles. The van der Waals surface area contributed by atoms with Gasteiger partial charge in [0.05, 0.1) is 4.92 Å². The molecule has 0 radical (unpaired) electrons. The van der Waals surface area contributed by atoms with E-state index in [4.69, 9.17) is 21.4 Å². The van der Waals surface area contributed by atoms with Crippen molar-refractivity contribution >= 4 is 34.6 Å². The molecule has 0 spiro atoms. The Morgan fingerprint density at radius 1 is 1.53 bits per heavy atom. The van der Waals surface area contributed by atoms with E-state index in [9.17, 15) is 14.9 Å². The Balaban J connectivity index is 2.35. The van der Waals surface area contributed by atoms with E-state index in [0.717, 1.165) is 23.5 Å². The second kappa shape index (κ2) is 5.21. The molecular formula is C10H5ClN2O5S. The number of hydrogen-bond donors (Lipinski definition) is 1. The van der Waals surface area contributed by atoms with Crippen molar-refractivity contribution in [3.05, 3.63) is 44.4 Å². The summed E-state index contributed by atoms with van der Waals surface area (Å²) in [6.45, 7) is 0. The average molecular weight is 301 g/mol. The molecule has 1 N–H and O–H groups in total. The Hall–Kier alpha value is -2.19. The smallest absolute Gasteiger partial charge is 0.342 e. The van der Waals surface area contributed by atoms with Gasteiger partial charge < -0.3 is 9.84 Å². The van der Waals surface area contributed by atoms with E-state index in [2.05, 4.69) is 4.98 Å². The lowest BCUT2D eigenvalue weighted by molar-refractivity contribution is -0.385. The fourth-order valence-corrected chi connectivity index (χ4v) is 2.10. The average Bonchev–Trinajstić information content (AvgIpc) is 2.74. The molecule has 0 atom stereocenters. The minimum Gasteiger partial charge on any atom is -0.477 e. The summed E-state index contributed by atoms with van der Waals surface area (Å²) in [7, 11) is 0. The third-order valence-electron chi connectivity index (χ3n) is 2.06. The highest BCUT2D eigenvalue weighted by molar-refractivity contribution is 7.11. The molecule has 0 bridgehead atoms. The second-order valence-electron chi connectivity index (χ2n) is 3.28. The molecule has 19 heavy (non-hydrogen) atoms. The molecule has 0 aliphatic carbocycles. The summed E-state index contributed by atoms with van der Waals surface area (Å²) < 4.78 is 5.26. The van der Waals surface area contributed by atoms with Gasteiger partial charge in [0, 0.05) is 17.5 Å². The number of carbonyl (C=O) groups is 1. The van der Waals surface area contributed by atoms with E-state index in [1.54, 1.807) is 5.38 Å². The first-order chi connectivity index (χ1) is 8.97. The van der Waals surface area contributed by atoms with Crippen LogP contribution >= 0.6 is 22.9 Å². The van der Waals surface area contributed by atoms with Gasteiger partial charge in [-0.1, -0.05) is 22.9 Å². The van der Waals surface area contributed by atoms with Gasteiger partial charge in [-0.2, -0.15) is 4.98 Å². The summed E-state index contributed by atoms with van der Waals surface area (Å²) in [5.41, 5.74) is -0.956. The van der Waals surface area contributed by atoms with Gasteiger partial charge >= 0.3 is 5.97 Å². The lowest BCUT2D eigenvalue weighted by Gasteiger charge is -2.03. The van der Waals surface area contributed by atoms with Crippen LogP contribution in [0.1, 0.15) is 10.4 Å². The van der Waals surface area contributed by atoms with E-state index in [0.29, 0.717) is 0 Å². The first-order valence-electron chi connectivity index (χ1n) is 4.78. The number of rotatable bonds is 4. The summed E-state index contributed by atoms with van der Waals surface area (Å²) in [5.74, 6) is -1.27. The van der Waals surface area contributed by atoms with Crippen LogP contribution in [0.25, 0.3) is 0 Å². The zero-order valence-corrected chi connectivity index (χ0v) is 10.6. The molecule has 0 aliphatic rings. The largest absolute Gasteiger partial charge is 0.477 e. The maximum atomic E-state index is 10.9. The monoisotopic (exact) mass is 300 g/mol. The molecule has 0 unspecified atom stereocenters. The SMILES string of the molecule is O=C(O)c1cc(Oc2nc(Cl)cs2)ccc1[N+](=O)[O-]. The maximum absolute atomic E-state index is 10.9. The number of nitro groups is 1. The number of thiazole rings is 1. The van der Waals surface area contributed by atoms with Crippen LogP contribution in [-0.2, 0) is 0 Å². The van der Waals surface area contributed by atoms with Crippen molar-refractivity contribution in [3.8, 4) is 10.9 Å². The van der Waals surface area contributed by atoms with Crippen molar-refractivity contribution in [2.24, 2.45) is 0 Å². The Kier molecular flexibility index (Phi) is 3.63. The third-order valence-corrected chi connectivity index (χ3v) is 3.10. The molecule has 2 aromatic rings. The van der Waals surface area contributed by atoms with Crippen molar-refractivity contribution in [2.45, 2.75) is 0 Å². The topological polar surface area (TPSA) is 103 Å². The van der Waals surface area contributed by atoms with Crippen LogP contribution in [0.2, 0.25) is 5.15 Å². The molecule has 0 fully saturated rings. The van der Waals surface area contributed by atoms with Crippen LogP contribution < -0.4 is 4.74 Å².